The van der Waals surface area contributed by atoms with Crippen LogP contribution in [-0.4, -0.2) is 17.9 Å². The topological polar surface area (TPSA) is 49.4 Å². The Hall–Kier alpha value is -1.84. The third-order valence-corrected chi connectivity index (χ3v) is 3.92. The highest BCUT2D eigenvalue weighted by Gasteiger charge is 2.48. The summed E-state index contributed by atoms with van der Waals surface area (Å²) in [6.45, 7) is 5.42. The summed E-state index contributed by atoms with van der Waals surface area (Å²) in [5.74, 6) is 0.0754. The monoisotopic (exact) mass is 258 g/mol. The van der Waals surface area contributed by atoms with E-state index < -0.39 is 5.41 Å². The highest BCUT2D eigenvalue weighted by atomic mass is 16.2. The van der Waals surface area contributed by atoms with Crippen molar-refractivity contribution >= 4 is 23.2 Å². The van der Waals surface area contributed by atoms with Gasteiger partial charge in [-0.05, 0) is 44.4 Å². The molecular formula is C15H18N2O2. The molecule has 0 atom stereocenters. The van der Waals surface area contributed by atoms with Crippen molar-refractivity contribution in [3.63, 3.8) is 0 Å². The number of anilines is 2. The number of benzene rings is 1. The molecular weight excluding hydrogens is 240 g/mol. The predicted octanol–water partition coefficient (Wildman–Crippen LogP) is 2.43. The molecule has 2 aliphatic rings. The van der Waals surface area contributed by atoms with E-state index in [9.17, 15) is 9.59 Å². The van der Waals surface area contributed by atoms with Gasteiger partial charge in [-0.1, -0.05) is 6.07 Å². The minimum absolute atomic E-state index is 0.0958. The molecule has 19 heavy (non-hydrogen) atoms. The number of nitrogens with zero attached hydrogens (tertiary/aromatic N) is 1. The maximum atomic E-state index is 12.5. The number of carbonyl (C=O) groups excluding carboxylic acids is 2. The van der Waals surface area contributed by atoms with Crippen molar-refractivity contribution in [1.82, 2.24) is 0 Å². The second-order valence-electron chi connectivity index (χ2n) is 5.94. The van der Waals surface area contributed by atoms with Crippen LogP contribution in [0, 0.1) is 0 Å². The van der Waals surface area contributed by atoms with Gasteiger partial charge in [0.15, 0.2) is 0 Å². The van der Waals surface area contributed by atoms with Gasteiger partial charge >= 0.3 is 0 Å². The van der Waals surface area contributed by atoms with Crippen LogP contribution in [0.3, 0.4) is 0 Å². The van der Waals surface area contributed by atoms with E-state index in [-0.39, 0.29) is 11.8 Å². The van der Waals surface area contributed by atoms with Crippen molar-refractivity contribution in [2.24, 2.45) is 0 Å². The van der Waals surface area contributed by atoms with Crippen LogP contribution >= 0.6 is 0 Å². The zero-order chi connectivity index (χ0) is 13.8. The summed E-state index contributed by atoms with van der Waals surface area (Å²) in [6, 6.07) is 6.09. The van der Waals surface area contributed by atoms with E-state index in [1.807, 2.05) is 36.9 Å². The minimum atomic E-state index is -0.466. The van der Waals surface area contributed by atoms with Crippen LogP contribution in [0.5, 0.6) is 0 Å². The molecule has 0 bridgehead atoms. The van der Waals surface area contributed by atoms with Crippen LogP contribution in [0.4, 0.5) is 11.4 Å². The molecule has 1 aromatic rings. The largest absolute Gasteiger partial charge is 0.326 e. The van der Waals surface area contributed by atoms with Gasteiger partial charge in [-0.3, -0.25) is 9.59 Å². The average Bonchev–Trinajstić information content (AvgIpc) is 3.09. The molecule has 0 spiro atoms. The van der Waals surface area contributed by atoms with E-state index in [2.05, 4.69) is 5.32 Å². The molecule has 1 saturated carbocycles. The number of fused-ring (bicyclic) bond motifs is 1. The molecule has 1 aliphatic carbocycles. The normalized spacial score (nSPS) is 20.4. The molecule has 1 aromatic carbocycles. The first-order chi connectivity index (χ1) is 8.91. The SMILES string of the molecule is CC(=O)Nc1ccc2c(c1)N(C1CC1)C(=O)C2(C)C. The second kappa shape index (κ2) is 3.83. The summed E-state index contributed by atoms with van der Waals surface area (Å²) >= 11 is 0. The van der Waals surface area contributed by atoms with Crippen LogP contribution in [0.1, 0.15) is 39.2 Å². The fourth-order valence-electron chi connectivity index (χ4n) is 2.76. The van der Waals surface area contributed by atoms with Crippen LogP contribution < -0.4 is 10.2 Å². The van der Waals surface area contributed by atoms with Gasteiger partial charge in [0, 0.05) is 18.7 Å². The molecule has 100 valence electrons. The maximum Gasteiger partial charge on any atom is 0.237 e. The first kappa shape index (κ1) is 12.2. The Labute approximate surface area is 112 Å². The fraction of sp³-hybridized carbons (Fsp3) is 0.467. The third-order valence-electron chi connectivity index (χ3n) is 3.92. The lowest BCUT2D eigenvalue weighted by Gasteiger charge is -2.19. The fourth-order valence-corrected chi connectivity index (χ4v) is 2.76. The van der Waals surface area contributed by atoms with Gasteiger partial charge in [-0.2, -0.15) is 0 Å². The van der Waals surface area contributed by atoms with Crippen LogP contribution in [0.15, 0.2) is 18.2 Å². The molecule has 4 nitrogen and oxygen atoms in total. The van der Waals surface area contributed by atoms with Gasteiger partial charge < -0.3 is 10.2 Å². The molecule has 1 fully saturated rings. The van der Waals surface area contributed by atoms with Crippen molar-refractivity contribution in [2.75, 3.05) is 10.2 Å². The lowest BCUT2D eigenvalue weighted by Crippen LogP contribution is -2.37. The summed E-state index contributed by atoms with van der Waals surface area (Å²) in [5, 5.41) is 2.78. The zero-order valence-electron chi connectivity index (χ0n) is 11.5. The first-order valence-electron chi connectivity index (χ1n) is 6.67. The molecule has 0 unspecified atom stereocenters. The van der Waals surface area contributed by atoms with E-state index in [0.29, 0.717) is 6.04 Å². The van der Waals surface area contributed by atoms with Gasteiger partial charge in [0.05, 0.1) is 11.1 Å². The number of rotatable bonds is 2. The average molecular weight is 258 g/mol. The van der Waals surface area contributed by atoms with Crippen LogP contribution in [-0.2, 0) is 15.0 Å². The molecule has 0 radical (unpaired) electrons. The Balaban J connectivity index is 2.07. The first-order valence-corrected chi connectivity index (χ1v) is 6.67. The predicted molar refractivity (Wildman–Crippen MR) is 74.3 cm³/mol. The van der Waals surface area contributed by atoms with Gasteiger partial charge in [-0.25, -0.2) is 0 Å². The Morgan fingerprint density at radius 2 is 2.05 bits per heavy atom. The highest BCUT2D eigenvalue weighted by molar-refractivity contribution is 6.09. The molecule has 0 aromatic heterocycles. The number of hydrogen-bond donors (Lipinski definition) is 1. The molecule has 2 amide bonds. The number of nitrogens with one attached hydrogen (secondary N) is 1. The summed E-state index contributed by atoms with van der Waals surface area (Å²) < 4.78 is 0. The minimum Gasteiger partial charge on any atom is -0.326 e. The van der Waals surface area contributed by atoms with Crippen molar-refractivity contribution in [3.8, 4) is 0 Å². The van der Waals surface area contributed by atoms with Gasteiger partial charge in [-0.15, -0.1) is 0 Å². The second-order valence-corrected chi connectivity index (χ2v) is 5.94. The third kappa shape index (κ3) is 1.82. The Morgan fingerprint density at radius 1 is 1.37 bits per heavy atom. The molecule has 1 heterocycles. The van der Waals surface area contributed by atoms with Crippen molar-refractivity contribution in [3.05, 3.63) is 23.8 Å². The standard InChI is InChI=1S/C15H18N2O2/c1-9(18)16-10-4-7-12-13(8-10)17(11-5-6-11)14(19)15(12,2)3/h4,7-8,11H,5-6H2,1-3H3,(H,16,18). The summed E-state index contributed by atoms with van der Waals surface area (Å²) in [6.07, 6.45) is 2.15. The molecule has 1 aliphatic heterocycles. The Morgan fingerprint density at radius 3 is 2.63 bits per heavy atom. The summed E-state index contributed by atoms with van der Waals surface area (Å²) in [4.78, 5) is 25.6. The van der Waals surface area contributed by atoms with E-state index in [1.165, 1.54) is 6.92 Å². The number of hydrogen-bond acceptors (Lipinski definition) is 2. The number of carbonyl (C=O) groups is 2. The van der Waals surface area contributed by atoms with Crippen LogP contribution in [0.25, 0.3) is 0 Å². The van der Waals surface area contributed by atoms with E-state index >= 15 is 0 Å². The van der Waals surface area contributed by atoms with Crippen molar-refractivity contribution in [1.29, 1.82) is 0 Å². The Kier molecular flexibility index (Phi) is 2.46. The van der Waals surface area contributed by atoms with Gasteiger partial charge in [0.25, 0.3) is 0 Å². The Bertz CT molecular complexity index is 574. The quantitative estimate of drug-likeness (QED) is 0.885. The van der Waals surface area contributed by atoms with E-state index in [1.54, 1.807) is 0 Å². The maximum absolute atomic E-state index is 12.5. The van der Waals surface area contributed by atoms with Gasteiger partial charge in [0.2, 0.25) is 11.8 Å². The molecule has 1 N–H and O–H groups in total. The lowest BCUT2D eigenvalue weighted by atomic mass is 9.86. The zero-order valence-corrected chi connectivity index (χ0v) is 11.5. The molecule has 0 saturated heterocycles. The van der Waals surface area contributed by atoms with Crippen molar-refractivity contribution < 1.29 is 9.59 Å². The number of amides is 2. The summed E-state index contributed by atoms with van der Waals surface area (Å²) in [7, 11) is 0. The smallest absolute Gasteiger partial charge is 0.237 e. The summed E-state index contributed by atoms with van der Waals surface area (Å²) in [5.41, 5.74) is 2.30. The highest BCUT2D eigenvalue weighted by Crippen LogP contribution is 2.47. The molecule has 3 rings (SSSR count). The lowest BCUT2D eigenvalue weighted by molar-refractivity contribution is -0.122. The van der Waals surface area contributed by atoms with E-state index in [0.717, 1.165) is 29.8 Å². The van der Waals surface area contributed by atoms with Crippen LogP contribution in [0.2, 0.25) is 0 Å². The van der Waals surface area contributed by atoms with Gasteiger partial charge in [0.1, 0.15) is 0 Å². The van der Waals surface area contributed by atoms with E-state index in [4.69, 9.17) is 0 Å². The molecule has 4 heteroatoms. The van der Waals surface area contributed by atoms with Crippen molar-refractivity contribution in [2.45, 2.75) is 45.1 Å².